The number of carbonyl (C=O) groups is 2. The van der Waals surface area contributed by atoms with Crippen LogP contribution in [0.4, 0.5) is 8.78 Å². The van der Waals surface area contributed by atoms with Crippen LogP contribution in [0.1, 0.15) is 22.6 Å². The third-order valence-corrected chi connectivity index (χ3v) is 5.12. The van der Waals surface area contributed by atoms with E-state index in [1.165, 1.54) is 6.33 Å². The van der Waals surface area contributed by atoms with Gasteiger partial charge in [0.1, 0.15) is 18.0 Å². The zero-order valence-electron chi connectivity index (χ0n) is 13.9. The molecule has 2 amide bonds. The molecular weight excluding hydrogens is 344 g/mol. The van der Waals surface area contributed by atoms with Crippen molar-refractivity contribution in [2.45, 2.75) is 18.9 Å². The lowest BCUT2D eigenvalue weighted by atomic mass is 10.0. The maximum atomic E-state index is 13.8. The Morgan fingerprint density at radius 2 is 2.12 bits per heavy atom. The molecule has 2 aliphatic rings. The van der Waals surface area contributed by atoms with Gasteiger partial charge in [-0.3, -0.25) is 14.7 Å². The van der Waals surface area contributed by atoms with Gasteiger partial charge in [-0.2, -0.15) is 5.10 Å². The van der Waals surface area contributed by atoms with Crippen LogP contribution in [0.15, 0.2) is 24.5 Å². The summed E-state index contributed by atoms with van der Waals surface area (Å²) in [7, 11) is 0. The number of H-pyrrole nitrogens is 1. The molecule has 2 saturated heterocycles. The van der Waals surface area contributed by atoms with Gasteiger partial charge < -0.3 is 9.80 Å². The van der Waals surface area contributed by atoms with E-state index in [0.29, 0.717) is 19.6 Å². The average molecular weight is 361 g/mol. The van der Waals surface area contributed by atoms with Crippen molar-refractivity contribution in [2.24, 2.45) is 5.92 Å². The fraction of sp³-hybridized carbons (Fsp3) is 0.412. The topological polar surface area (TPSA) is 82.2 Å². The van der Waals surface area contributed by atoms with Crippen LogP contribution >= 0.6 is 0 Å². The summed E-state index contributed by atoms with van der Waals surface area (Å²) in [5.74, 6) is -1.31. The molecule has 2 aromatic rings. The molecule has 4 rings (SSSR count). The Labute approximate surface area is 148 Å². The number of nitrogens with zero attached hydrogens (tertiary/aromatic N) is 4. The molecule has 9 heteroatoms. The van der Waals surface area contributed by atoms with E-state index in [1.54, 1.807) is 9.80 Å². The van der Waals surface area contributed by atoms with Crippen molar-refractivity contribution in [1.82, 2.24) is 25.0 Å². The van der Waals surface area contributed by atoms with E-state index in [9.17, 15) is 18.4 Å². The Kier molecular flexibility index (Phi) is 4.14. The number of hydrogen-bond donors (Lipinski definition) is 1. The smallest absolute Gasteiger partial charge is 0.291 e. The number of likely N-dealkylation sites (tertiary alicyclic amines) is 2. The first kappa shape index (κ1) is 16.6. The Balaban J connectivity index is 1.45. The highest BCUT2D eigenvalue weighted by Gasteiger charge is 2.45. The molecule has 3 heterocycles. The fourth-order valence-electron chi connectivity index (χ4n) is 3.84. The third-order valence-electron chi connectivity index (χ3n) is 5.12. The summed E-state index contributed by atoms with van der Waals surface area (Å²) in [5, 5.41) is 6.23. The standard InChI is InChI=1S/C17H17F2N5O2/c18-12-1-2-13(19)11(5-12)6-15(25)24-4-3-10-7-23(8-14(10)24)17(26)16-20-9-21-22-16/h1-2,5,9-10,14H,3-4,6-8H2,(H,20,21,22)/t10-,14+/m0/s1. The minimum absolute atomic E-state index is 0.0473. The highest BCUT2D eigenvalue weighted by atomic mass is 19.1. The molecule has 26 heavy (non-hydrogen) atoms. The molecule has 0 unspecified atom stereocenters. The number of hydrogen-bond acceptors (Lipinski definition) is 4. The third kappa shape index (κ3) is 2.93. The number of nitrogens with one attached hydrogen (secondary N) is 1. The number of fused-ring (bicyclic) bond motifs is 1. The van der Waals surface area contributed by atoms with E-state index in [4.69, 9.17) is 0 Å². The number of amides is 2. The normalized spacial score (nSPS) is 21.9. The molecule has 1 aromatic carbocycles. The van der Waals surface area contributed by atoms with Crippen LogP contribution < -0.4 is 0 Å². The van der Waals surface area contributed by atoms with Crippen LogP contribution in [0.2, 0.25) is 0 Å². The monoisotopic (exact) mass is 361 g/mol. The maximum absolute atomic E-state index is 13.8. The number of halogens is 2. The summed E-state index contributed by atoms with van der Waals surface area (Å²) >= 11 is 0. The van der Waals surface area contributed by atoms with Crippen molar-refractivity contribution in [3.05, 3.63) is 47.5 Å². The number of aromatic nitrogens is 3. The Hall–Kier alpha value is -2.84. The van der Waals surface area contributed by atoms with E-state index in [0.717, 1.165) is 24.6 Å². The number of rotatable bonds is 3. The van der Waals surface area contributed by atoms with Gasteiger partial charge in [0.05, 0.1) is 12.5 Å². The molecule has 0 bridgehead atoms. The minimum Gasteiger partial charge on any atom is -0.337 e. The molecule has 0 radical (unpaired) electrons. The summed E-state index contributed by atoms with van der Waals surface area (Å²) < 4.78 is 27.1. The first-order valence-electron chi connectivity index (χ1n) is 8.41. The average Bonchev–Trinajstić information content (AvgIpc) is 3.33. The van der Waals surface area contributed by atoms with E-state index < -0.39 is 11.6 Å². The second-order valence-electron chi connectivity index (χ2n) is 6.66. The molecule has 0 aliphatic carbocycles. The van der Waals surface area contributed by atoms with Gasteiger partial charge >= 0.3 is 0 Å². The zero-order chi connectivity index (χ0) is 18.3. The van der Waals surface area contributed by atoms with Crippen LogP contribution in [-0.2, 0) is 11.2 Å². The molecule has 1 aromatic heterocycles. The quantitative estimate of drug-likeness (QED) is 0.884. The molecule has 2 aliphatic heterocycles. The van der Waals surface area contributed by atoms with Crippen molar-refractivity contribution in [3.8, 4) is 0 Å². The molecule has 136 valence electrons. The predicted molar refractivity (Wildman–Crippen MR) is 86.0 cm³/mol. The van der Waals surface area contributed by atoms with Gasteiger partial charge in [0.25, 0.3) is 5.91 Å². The number of aromatic amines is 1. The van der Waals surface area contributed by atoms with E-state index >= 15 is 0 Å². The zero-order valence-corrected chi connectivity index (χ0v) is 13.9. The highest BCUT2D eigenvalue weighted by molar-refractivity contribution is 5.90. The predicted octanol–water partition coefficient (Wildman–Crippen LogP) is 0.998. The number of benzene rings is 1. The van der Waals surface area contributed by atoms with Gasteiger partial charge in [0, 0.05) is 31.1 Å². The lowest BCUT2D eigenvalue weighted by Gasteiger charge is -2.25. The Bertz CT molecular complexity index is 842. The second kappa shape index (κ2) is 6.47. The summed E-state index contributed by atoms with van der Waals surface area (Å²) in [6.45, 7) is 1.51. The summed E-state index contributed by atoms with van der Waals surface area (Å²) in [5.41, 5.74) is 0.0473. The highest BCUT2D eigenvalue weighted by Crippen LogP contribution is 2.32. The summed E-state index contributed by atoms with van der Waals surface area (Å²) in [4.78, 5) is 32.2. The van der Waals surface area contributed by atoms with Crippen LogP contribution in [0.5, 0.6) is 0 Å². The molecular formula is C17H17F2N5O2. The van der Waals surface area contributed by atoms with Crippen LogP contribution in [0.25, 0.3) is 0 Å². The van der Waals surface area contributed by atoms with Crippen LogP contribution in [0, 0.1) is 17.6 Å². The minimum atomic E-state index is -0.593. The fourth-order valence-corrected chi connectivity index (χ4v) is 3.84. The van der Waals surface area contributed by atoms with Crippen molar-refractivity contribution in [2.75, 3.05) is 19.6 Å². The lowest BCUT2D eigenvalue weighted by molar-refractivity contribution is -0.131. The summed E-state index contributed by atoms with van der Waals surface area (Å²) in [6.07, 6.45) is 1.86. The molecule has 2 atom stereocenters. The first-order valence-corrected chi connectivity index (χ1v) is 8.41. The summed E-state index contributed by atoms with van der Waals surface area (Å²) in [6, 6.07) is 3.00. The Morgan fingerprint density at radius 1 is 1.27 bits per heavy atom. The molecule has 1 N–H and O–H groups in total. The van der Waals surface area contributed by atoms with E-state index in [2.05, 4.69) is 15.2 Å². The van der Waals surface area contributed by atoms with Crippen LogP contribution in [0.3, 0.4) is 0 Å². The van der Waals surface area contributed by atoms with Gasteiger partial charge in [0.15, 0.2) is 0 Å². The van der Waals surface area contributed by atoms with Crippen molar-refractivity contribution in [1.29, 1.82) is 0 Å². The molecule has 0 spiro atoms. The van der Waals surface area contributed by atoms with Crippen molar-refractivity contribution in [3.63, 3.8) is 0 Å². The van der Waals surface area contributed by atoms with Crippen LogP contribution in [-0.4, -0.2) is 62.5 Å². The second-order valence-corrected chi connectivity index (χ2v) is 6.66. The van der Waals surface area contributed by atoms with Gasteiger partial charge in [-0.15, -0.1) is 0 Å². The van der Waals surface area contributed by atoms with Gasteiger partial charge in [0.2, 0.25) is 11.7 Å². The first-order chi connectivity index (χ1) is 12.5. The molecule has 7 nitrogen and oxygen atoms in total. The molecule has 2 fully saturated rings. The Morgan fingerprint density at radius 3 is 2.88 bits per heavy atom. The van der Waals surface area contributed by atoms with Gasteiger partial charge in [-0.1, -0.05) is 0 Å². The van der Waals surface area contributed by atoms with Crippen molar-refractivity contribution < 1.29 is 18.4 Å². The van der Waals surface area contributed by atoms with E-state index in [-0.39, 0.29) is 41.6 Å². The van der Waals surface area contributed by atoms with Gasteiger partial charge in [-0.05, 0) is 24.6 Å². The van der Waals surface area contributed by atoms with Gasteiger partial charge in [-0.25, -0.2) is 13.8 Å². The largest absolute Gasteiger partial charge is 0.337 e. The van der Waals surface area contributed by atoms with E-state index in [1.807, 2.05) is 0 Å². The SMILES string of the molecule is O=C(c1ncn[nH]1)N1C[C@@H]2CCN(C(=O)Cc3cc(F)ccc3F)[C@@H]2C1. The van der Waals surface area contributed by atoms with Crippen molar-refractivity contribution >= 4 is 11.8 Å². The lowest BCUT2D eigenvalue weighted by Crippen LogP contribution is -2.41. The molecule has 0 saturated carbocycles. The number of carbonyl (C=O) groups excluding carboxylic acids is 2. The maximum Gasteiger partial charge on any atom is 0.291 e.